The third-order valence-electron chi connectivity index (χ3n) is 3.05. The van der Waals surface area contributed by atoms with Crippen LogP contribution in [0.25, 0.3) is 0 Å². The molecule has 2 amide bonds. The number of nitrogens with zero attached hydrogens (tertiary/aromatic N) is 1. The fourth-order valence-corrected chi connectivity index (χ4v) is 1.82. The fraction of sp³-hybridized carbons (Fsp3) is 0.812. The van der Waals surface area contributed by atoms with E-state index < -0.39 is 17.8 Å². The summed E-state index contributed by atoms with van der Waals surface area (Å²) >= 11 is 0. The molecule has 1 heterocycles. The van der Waals surface area contributed by atoms with Crippen LogP contribution in [0.4, 0.5) is 0 Å². The van der Waals surface area contributed by atoms with Crippen molar-refractivity contribution in [3.63, 3.8) is 0 Å². The third kappa shape index (κ3) is 10.1. The average Bonchev–Trinajstić information content (AvgIpc) is 2.94. The van der Waals surface area contributed by atoms with Crippen LogP contribution in [0.2, 0.25) is 0 Å². The van der Waals surface area contributed by atoms with Crippen LogP contribution >= 0.6 is 0 Å². The molecule has 1 saturated heterocycles. The number of hydrogen-bond acceptors (Lipinski definition) is 8. The van der Waals surface area contributed by atoms with Crippen molar-refractivity contribution in [3.05, 3.63) is 0 Å². The molecule has 0 atom stereocenters. The Labute approximate surface area is 148 Å². The number of carbonyl (C=O) groups excluding carboxylic acids is 3. The van der Waals surface area contributed by atoms with Crippen molar-refractivity contribution in [2.75, 3.05) is 52.9 Å². The minimum absolute atomic E-state index is 0.0552. The molecule has 0 aromatic carbocycles. The molecule has 0 saturated carbocycles. The van der Waals surface area contributed by atoms with Gasteiger partial charge in [0, 0.05) is 20.8 Å². The molecule has 0 radical (unpaired) electrons. The highest BCUT2D eigenvalue weighted by Gasteiger charge is 2.32. The van der Waals surface area contributed by atoms with Crippen molar-refractivity contribution in [1.82, 2.24) is 5.06 Å². The van der Waals surface area contributed by atoms with Crippen molar-refractivity contribution < 1.29 is 39.5 Å². The summed E-state index contributed by atoms with van der Waals surface area (Å²) in [7, 11) is 0. The molecular weight excluding hydrogens is 334 g/mol. The zero-order valence-corrected chi connectivity index (χ0v) is 14.4. The Hall–Kier alpha value is -1.55. The first-order valence-corrected chi connectivity index (χ1v) is 8.32. The summed E-state index contributed by atoms with van der Waals surface area (Å²) in [6.07, 6.45) is 0.821. The Morgan fingerprint density at radius 3 is 1.88 bits per heavy atom. The zero-order valence-electron chi connectivity index (χ0n) is 15.4. The fourth-order valence-electron chi connectivity index (χ4n) is 1.82. The molecule has 0 N–H and O–H groups in total. The van der Waals surface area contributed by atoms with Gasteiger partial charge in [-0.25, -0.2) is 4.79 Å². The minimum atomic E-state index is -0.687. The number of ether oxygens (including phenoxy) is 4. The molecule has 1 fully saturated rings. The standard InChI is InChI=1S/C16H27NO8/c1-2-6-21-8-10-23-12-13-24-11-9-22-7-5-16(20)25-17-14(18)3-4-15(17)19/h2-13H2,1H3/i1T. The van der Waals surface area contributed by atoms with E-state index in [2.05, 4.69) is 0 Å². The van der Waals surface area contributed by atoms with Gasteiger partial charge in [0.1, 0.15) is 0 Å². The quantitative estimate of drug-likeness (QED) is 0.306. The smallest absolute Gasteiger partial charge is 0.335 e. The molecule has 0 aromatic rings. The van der Waals surface area contributed by atoms with Gasteiger partial charge >= 0.3 is 5.97 Å². The van der Waals surface area contributed by atoms with Gasteiger partial charge in [0.25, 0.3) is 11.8 Å². The summed E-state index contributed by atoms with van der Waals surface area (Å²) in [4.78, 5) is 38.7. The molecule has 144 valence electrons. The highest BCUT2D eigenvalue weighted by molar-refractivity contribution is 6.01. The zero-order chi connectivity index (χ0) is 19.0. The van der Waals surface area contributed by atoms with E-state index in [1.54, 1.807) is 0 Å². The van der Waals surface area contributed by atoms with E-state index in [-0.39, 0.29) is 25.9 Å². The summed E-state index contributed by atoms with van der Waals surface area (Å²) in [6.45, 7) is 3.62. The van der Waals surface area contributed by atoms with Gasteiger partial charge in [0.05, 0.1) is 52.7 Å². The van der Waals surface area contributed by atoms with Crippen molar-refractivity contribution in [2.24, 2.45) is 0 Å². The van der Waals surface area contributed by atoms with Crippen molar-refractivity contribution in [2.45, 2.75) is 32.6 Å². The predicted molar refractivity (Wildman–Crippen MR) is 85.4 cm³/mol. The number of rotatable bonds is 15. The van der Waals surface area contributed by atoms with Gasteiger partial charge in [-0.15, -0.1) is 5.06 Å². The molecule has 0 spiro atoms. The molecule has 25 heavy (non-hydrogen) atoms. The van der Waals surface area contributed by atoms with Crippen LogP contribution in [-0.2, 0) is 38.2 Å². The predicted octanol–water partition coefficient (Wildman–Crippen LogP) is 0.460. The Balaban J connectivity index is 1.82. The van der Waals surface area contributed by atoms with E-state index in [1.165, 1.54) is 0 Å². The summed E-state index contributed by atoms with van der Waals surface area (Å²) < 4.78 is 28.0. The molecule has 1 aliphatic heterocycles. The van der Waals surface area contributed by atoms with Gasteiger partial charge in [-0.3, -0.25) is 9.59 Å². The maximum absolute atomic E-state index is 11.5. The summed E-state index contributed by atoms with van der Waals surface area (Å²) in [5, 5.41) is 0.520. The third-order valence-corrected chi connectivity index (χ3v) is 3.05. The summed E-state index contributed by atoms with van der Waals surface area (Å²) in [6, 6.07) is 0. The Kier molecular flexibility index (Phi) is 10.8. The molecule has 0 aromatic heterocycles. The Morgan fingerprint density at radius 1 is 0.880 bits per heavy atom. The lowest BCUT2D eigenvalue weighted by Gasteiger charge is -2.12. The summed E-state index contributed by atoms with van der Waals surface area (Å²) in [5.74, 6) is -1.69. The molecule has 0 aliphatic carbocycles. The van der Waals surface area contributed by atoms with Gasteiger partial charge in [0.15, 0.2) is 0 Å². The largest absolute Gasteiger partial charge is 0.379 e. The van der Waals surface area contributed by atoms with Crippen LogP contribution in [0.1, 0.15) is 34.0 Å². The van der Waals surface area contributed by atoms with Crippen molar-refractivity contribution in [1.29, 1.82) is 0 Å². The average molecular weight is 363 g/mol. The second kappa shape index (κ2) is 13.7. The Bertz CT molecular complexity index is 418. The number of carbonyl (C=O) groups is 3. The lowest BCUT2D eigenvalue weighted by molar-refractivity contribution is -0.198. The van der Waals surface area contributed by atoms with Crippen LogP contribution in [0.3, 0.4) is 0 Å². The van der Waals surface area contributed by atoms with Gasteiger partial charge < -0.3 is 23.8 Å². The van der Waals surface area contributed by atoms with Crippen LogP contribution in [0, 0.1) is 0 Å². The second-order valence-electron chi connectivity index (χ2n) is 5.10. The van der Waals surface area contributed by atoms with Gasteiger partial charge in [-0.05, 0) is 6.42 Å². The van der Waals surface area contributed by atoms with E-state index >= 15 is 0 Å². The molecule has 1 aliphatic rings. The topological polar surface area (TPSA) is 101 Å². The number of hydroxylamine groups is 2. The van der Waals surface area contributed by atoms with Gasteiger partial charge in [-0.1, -0.05) is 6.90 Å². The SMILES string of the molecule is [3H]CCCOCCOCCOCCOCCC(=O)ON1C(=O)CCC1=O. The highest BCUT2D eigenvalue weighted by Crippen LogP contribution is 2.12. The number of hydrogen-bond donors (Lipinski definition) is 0. The first-order chi connectivity index (χ1) is 12.6. The molecular formula is C16H27NO8. The molecule has 0 unspecified atom stereocenters. The lowest BCUT2D eigenvalue weighted by atomic mass is 10.4. The van der Waals surface area contributed by atoms with Crippen LogP contribution < -0.4 is 0 Å². The second-order valence-corrected chi connectivity index (χ2v) is 5.10. The lowest BCUT2D eigenvalue weighted by Crippen LogP contribution is -2.32. The molecule has 9 nitrogen and oxygen atoms in total. The van der Waals surface area contributed by atoms with Crippen LogP contribution in [0.15, 0.2) is 0 Å². The first kappa shape index (κ1) is 19.8. The molecule has 1 rings (SSSR count). The van der Waals surface area contributed by atoms with Gasteiger partial charge in [0.2, 0.25) is 0 Å². The summed E-state index contributed by atoms with van der Waals surface area (Å²) in [5.41, 5.74) is 0. The monoisotopic (exact) mass is 363 g/mol. The van der Waals surface area contributed by atoms with Crippen LogP contribution in [-0.4, -0.2) is 75.7 Å². The normalized spacial score (nSPS) is 14.9. The maximum atomic E-state index is 11.5. The Morgan fingerprint density at radius 2 is 1.36 bits per heavy atom. The first-order valence-electron chi connectivity index (χ1n) is 9.02. The van der Waals surface area contributed by atoms with E-state index in [0.29, 0.717) is 58.2 Å². The number of imide groups is 1. The van der Waals surface area contributed by atoms with Gasteiger partial charge in [-0.2, -0.15) is 0 Å². The molecule has 0 bridgehead atoms. The molecule has 9 heteroatoms. The maximum Gasteiger partial charge on any atom is 0.335 e. The highest BCUT2D eigenvalue weighted by atomic mass is 16.7. The van der Waals surface area contributed by atoms with Crippen molar-refractivity contribution in [3.8, 4) is 0 Å². The van der Waals surface area contributed by atoms with E-state index in [1.807, 2.05) is 0 Å². The van der Waals surface area contributed by atoms with Crippen molar-refractivity contribution >= 4 is 17.8 Å². The van der Waals surface area contributed by atoms with E-state index in [4.69, 9.17) is 25.2 Å². The van der Waals surface area contributed by atoms with Crippen LogP contribution in [0.5, 0.6) is 0 Å². The minimum Gasteiger partial charge on any atom is -0.379 e. The number of amides is 2. The van der Waals surface area contributed by atoms with E-state index in [0.717, 1.165) is 6.42 Å². The van der Waals surface area contributed by atoms with E-state index in [9.17, 15) is 14.4 Å².